The number of carboxylic acid groups (broad SMARTS) is 1. The predicted molar refractivity (Wildman–Crippen MR) is 55.8 cm³/mol. The fourth-order valence-electron chi connectivity index (χ4n) is 0.958. The van der Waals surface area contributed by atoms with Gasteiger partial charge in [0.15, 0.2) is 0 Å². The van der Waals surface area contributed by atoms with Crippen molar-refractivity contribution in [2.75, 3.05) is 0 Å². The second-order valence-electron chi connectivity index (χ2n) is 2.76. The Kier molecular flexibility index (Phi) is 3.68. The van der Waals surface area contributed by atoms with Gasteiger partial charge in [0, 0.05) is 9.61 Å². The third kappa shape index (κ3) is 3.31. The van der Waals surface area contributed by atoms with Crippen LogP contribution in [-0.4, -0.2) is 12.0 Å². The molecule has 0 aromatic heterocycles. The maximum absolute atomic E-state index is 10.3. The van der Waals surface area contributed by atoms with Crippen molar-refractivity contribution >= 4 is 28.6 Å². The smallest absolute Gasteiger partial charge is 0.0585 e. The summed E-state index contributed by atoms with van der Waals surface area (Å²) in [5.74, 6) is -1.21. The molecule has 0 saturated carbocycles. The van der Waals surface area contributed by atoms with E-state index in [1.54, 1.807) is 0 Å². The number of benzene rings is 1. The molecule has 70 valence electrons. The van der Waals surface area contributed by atoms with Crippen LogP contribution < -0.4 is 10.8 Å². The predicted octanol–water partition coefficient (Wildman–Crippen LogP) is -0.0891. The quantitative estimate of drug-likeness (QED) is 0.791. The van der Waals surface area contributed by atoms with E-state index >= 15 is 0 Å². The van der Waals surface area contributed by atoms with Gasteiger partial charge < -0.3 is 15.6 Å². The number of carbonyl (C=O) groups excluding carboxylic acids is 1. The topological polar surface area (TPSA) is 66.2 Å². The number of carboxylic acids is 1. The molecule has 1 aromatic rings. The summed E-state index contributed by atoms with van der Waals surface area (Å²) in [4.78, 5) is 10.3. The lowest BCUT2D eigenvalue weighted by molar-refractivity contribution is -0.307. The van der Waals surface area contributed by atoms with Crippen LogP contribution in [0.15, 0.2) is 24.3 Å². The van der Waals surface area contributed by atoms with Gasteiger partial charge in [-0.1, -0.05) is 12.1 Å². The highest BCUT2D eigenvalue weighted by atomic mass is 127. The number of aliphatic carboxylic acids is 1. The minimum Gasteiger partial charge on any atom is -0.548 e. The van der Waals surface area contributed by atoms with E-state index in [0.717, 1.165) is 9.13 Å². The normalized spacial score (nSPS) is 12.5. The fraction of sp³-hybridized carbons (Fsp3) is 0.222. The molecule has 1 atom stereocenters. The van der Waals surface area contributed by atoms with Crippen LogP contribution in [0.5, 0.6) is 0 Å². The van der Waals surface area contributed by atoms with Gasteiger partial charge in [-0.15, -0.1) is 0 Å². The van der Waals surface area contributed by atoms with Gasteiger partial charge in [0.2, 0.25) is 0 Å². The number of hydrogen-bond acceptors (Lipinski definition) is 3. The zero-order chi connectivity index (χ0) is 9.84. The molecular weight excluding hydrogens is 281 g/mol. The zero-order valence-corrected chi connectivity index (χ0v) is 9.02. The van der Waals surface area contributed by atoms with Gasteiger partial charge in [0.1, 0.15) is 0 Å². The molecule has 0 aliphatic rings. The van der Waals surface area contributed by atoms with Gasteiger partial charge >= 0.3 is 0 Å². The van der Waals surface area contributed by atoms with Crippen LogP contribution >= 0.6 is 22.6 Å². The first kappa shape index (κ1) is 10.5. The van der Waals surface area contributed by atoms with Gasteiger partial charge in [-0.2, -0.15) is 0 Å². The Labute approximate surface area is 90.1 Å². The van der Waals surface area contributed by atoms with E-state index in [2.05, 4.69) is 22.6 Å². The highest BCUT2D eigenvalue weighted by Gasteiger charge is 2.03. The molecule has 0 aliphatic carbocycles. The van der Waals surface area contributed by atoms with Gasteiger partial charge in [-0.3, -0.25) is 0 Å². The Morgan fingerprint density at radius 3 is 2.46 bits per heavy atom. The number of halogens is 1. The van der Waals surface area contributed by atoms with Crippen LogP contribution in [0.3, 0.4) is 0 Å². The van der Waals surface area contributed by atoms with Crippen LogP contribution in [-0.2, 0) is 11.2 Å². The van der Waals surface area contributed by atoms with E-state index < -0.39 is 12.0 Å². The summed E-state index contributed by atoms with van der Waals surface area (Å²) in [6.07, 6.45) is 0.319. The van der Waals surface area contributed by atoms with E-state index in [1.165, 1.54) is 0 Å². The molecule has 0 aliphatic heterocycles. The van der Waals surface area contributed by atoms with E-state index in [-0.39, 0.29) is 0 Å². The Bertz CT molecular complexity index is 297. The third-order valence-electron chi connectivity index (χ3n) is 1.67. The minimum atomic E-state index is -1.21. The molecule has 0 radical (unpaired) electrons. The Morgan fingerprint density at radius 1 is 1.46 bits per heavy atom. The zero-order valence-electron chi connectivity index (χ0n) is 6.87. The molecule has 0 fully saturated rings. The molecule has 2 N–H and O–H groups in total. The van der Waals surface area contributed by atoms with Crippen LogP contribution in [0.25, 0.3) is 0 Å². The van der Waals surface area contributed by atoms with Crippen molar-refractivity contribution in [3.63, 3.8) is 0 Å². The first-order chi connectivity index (χ1) is 6.09. The average molecular weight is 290 g/mol. The highest BCUT2D eigenvalue weighted by molar-refractivity contribution is 14.1. The molecule has 0 spiro atoms. The van der Waals surface area contributed by atoms with Gasteiger partial charge in [0.25, 0.3) is 0 Å². The van der Waals surface area contributed by atoms with E-state index in [0.29, 0.717) is 6.42 Å². The van der Waals surface area contributed by atoms with Gasteiger partial charge in [-0.05, 0) is 46.7 Å². The molecule has 4 heteroatoms. The van der Waals surface area contributed by atoms with Gasteiger partial charge in [0.05, 0.1) is 5.97 Å². The maximum atomic E-state index is 10.3. The van der Waals surface area contributed by atoms with Gasteiger partial charge in [-0.25, -0.2) is 0 Å². The largest absolute Gasteiger partial charge is 0.548 e. The number of nitrogens with two attached hydrogens (primary N) is 1. The van der Waals surface area contributed by atoms with Crippen molar-refractivity contribution in [1.29, 1.82) is 0 Å². The first-order valence-corrected chi connectivity index (χ1v) is 4.88. The van der Waals surface area contributed by atoms with Crippen molar-refractivity contribution in [2.24, 2.45) is 5.73 Å². The van der Waals surface area contributed by atoms with Crippen molar-refractivity contribution in [3.05, 3.63) is 33.4 Å². The summed E-state index contributed by atoms with van der Waals surface area (Å²) in [6, 6.07) is 6.64. The lowest BCUT2D eigenvalue weighted by atomic mass is 10.1. The van der Waals surface area contributed by atoms with E-state index in [1.807, 2.05) is 24.3 Å². The summed E-state index contributed by atoms with van der Waals surface area (Å²) in [5, 5.41) is 10.3. The van der Waals surface area contributed by atoms with E-state index in [4.69, 9.17) is 5.73 Å². The SMILES string of the molecule is N[C@@H](Cc1ccc(I)cc1)C(=O)[O-]. The fourth-order valence-corrected chi connectivity index (χ4v) is 1.32. The molecule has 3 nitrogen and oxygen atoms in total. The van der Waals surface area contributed by atoms with E-state index in [9.17, 15) is 9.90 Å². The standard InChI is InChI=1S/C9H10INO2/c10-7-3-1-6(2-4-7)5-8(11)9(12)13/h1-4,8H,5,11H2,(H,12,13)/p-1/t8-/m0/s1. The second kappa shape index (κ2) is 4.57. The molecular formula is C9H9INO2-. The lowest BCUT2D eigenvalue weighted by Crippen LogP contribution is -2.43. The third-order valence-corrected chi connectivity index (χ3v) is 2.39. The van der Waals surface area contributed by atoms with Crippen molar-refractivity contribution in [2.45, 2.75) is 12.5 Å². The van der Waals surface area contributed by atoms with Crippen LogP contribution in [0.2, 0.25) is 0 Å². The first-order valence-electron chi connectivity index (χ1n) is 3.80. The van der Waals surface area contributed by atoms with Crippen LogP contribution in [0.4, 0.5) is 0 Å². The summed E-state index contributed by atoms with van der Waals surface area (Å²) in [6.45, 7) is 0. The molecule has 0 heterocycles. The average Bonchev–Trinajstić information content (AvgIpc) is 2.08. The number of carbonyl (C=O) groups is 1. The Hall–Kier alpha value is -0.620. The highest BCUT2D eigenvalue weighted by Crippen LogP contribution is 2.07. The molecule has 0 unspecified atom stereocenters. The molecule has 0 amide bonds. The minimum absolute atomic E-state index is 0.319. The van der Waals surface area contributed by atoms with Crippen molar-refractivity contribution in [3.8, 4) is 0 Å². The monoisotopic (exact) mass is 290 g/mol. The second-order valence-corrected chi connectivity index (χ2v) is 4.00. The molecule has 0 saturated heterocycles. The molecule has 13 heavy (non-hydrogen) atoms. The summed E-state index contributed by atoms with van der Waals surface area (Å²) >= 11 is 2.18. The molecule has 1 rings (SSSR count). The number of rotatable bonds is 3. The number of hydrogen-bond donors (Lipinski definition) is 1. The molecule has 1 aromatic carbocycles. The lowest BCUT2D eigenvalue weighted by Gasteiger charge is -2.11. The van der Waals surface area contributed by atoms with Crippen molar-refractivity contribution in [1.82, 2.24) is 0 Å². The van der Waals surface area contributed by atoms with Crippen LogP contribution in [0, 0.1) is 3.57 Å². The summed E-state index contributed by atoms with van der Waals surface area (Å²) < 4.78 is 1.11. The Morgan fingerprint density at radius 2 is 2.00 bits per heavy atom. The maximum Gasteiger partial charge on any atom is 0.0585 e. The van der Waals surface area contributed by atoms with Crippen molar-refractivity contribution < 1.29 is 9.90 Å². The summed E-state index contributed by atoms with van der Waals surface area (Å²) in [5.41, 5.74) is 6.24. The molecule has 0 bridgehead atoms. The Balaban J connectivity index is 2.64. The van der Waals surface area contributed by atoms with Crippen LogP contribution in [0.1, 0.15) is 5.56 Å². The summed E-state index contributed by atoms with van der Waals surface area (Å²) in [7, 11) is 0.